The number of benzene rings is 1. The summed E-state index contributed by atoms with van der Waals surface area (Å²) in [6, 6.07) is 12.9. The van der Waals surface area contributed by atoms with Gasteiger partial charge in [-0.1, -0.05) is 12.1 Å². The van der Waals surface area contributed by atoms with E-state index in [0.717, 1.165) is 5.69 Å². The minimum atomic E-state index is -0.136. The van der Waals surface area contributed by atoms with Crippen LogP contribution in [0.4, 0.5) is 5.69 Å². The van der Waals surface area contributed by atoms with Crippen LogP contribution in [-0.4, -0.2) is 24.1 Å². The first-order valence-corrected chi connectivity index (χ1v) is 6.00. The molecule has 0 spiro atoms. The lowest BCUT2D eigenvalue weighted by atomic mass is 10.1. The molecule has 0 atom stereocenters. The second-order valence-corrected chi connectivity index (χ2v) is 4.39. The minimum Gasteiger partial charge on any atom is -0.378 e. The first kappa shape index (κ1) is 14.0. The Morgan fingerprint density at radius 2 is 1.33 bits per heavy atom. The summed E-state index contributed by atoms with van der Waals surface area (Å²) < 4.78 is 0. The molecule has 0 N–H and O–H groups in total. The van der Waals surface area contributed by atoms with Crippen molar-refractivity contribution in [2.24, 2.45) is 0 Å². The Kier molecular flexibility index (Phi) is 3.79. The van der Waals surface area contributed by atoms with Crippen molar-refractivity contribution in [1.82, 2.24) is 9.97 Å². The summed E-state index contributed by atoms with van der Waals surface area (Å²) in [5, 5.41) is 27.1. The third-order valence-corrected chi connectivity index (χ3v) is 2.87. The number of hydrogen-bond donors (Lipinski definition) is 0. The Bertz CT molecular complexity index is 800. The quantitative estimate of drug-likeness (QED) is 0.828. The Hall–Kier alpha value is -3.43. The first-order valence-electron chi connectivity index (χ1n) is 6.00. The molecule has 1 aromatic heterocycles. The van der Waals surface area contributed by atoms with E-state index < -0.39 is 0 Å². The molecule has 0 amide bonds. The van der Waals surface area contributed by atoms with Crippen molar-refractivity contribution in [3.8, 4) is 29.5 Å². The molecule has 6 heteroatoms. The highest BCUT2D eigenvalue weighted by molar-refractivity contribution is 5.68. The van der Waals surface area contributed by atoms with E-state index in [0.29, 0.717) is 11.3 Å². The van der Waals surface area contributed by atoms with Crippen LogP contribution in [0.5, 0.6) is 0 Å². The lowest BCUT2D eigenvalue weighted by molar-refractivity contribution is 1.10. The van der Waals surface area contributed by atoms with E-state index in [1.165, 1.54) is 0 Å². The highest BCUT2D eigenvalue weighted by Crippen LogP contribution is 2.23. The van der Waals surface area contributed by atoms with Gasteiger partial charge in [0.1, 0.15) is 23.9 Å². The molecule has 0 aliphatic carbocycles. The maximum atomic E-state index is 9.15. The van der Waals surface area contributed by atoms with Crippen LogP contribution in [0.15, 0.2) is 24.3 Å². The topological polar surface area (TPSA) is 100 Å². The average molecular weight is 274 g/mol. The molecule has 1 aromatic carbocycles. The van der Waals surface area contributed by atoms with E-state index in [4.69, 9.17) is 15.8 Å². The normalized spacial score (nSPS) is 9.29. The molecule has 0 aliphatic rings. The van der Waals surface area contributed by atoms with Gasteiger partial charge in [-0.05, 0) is 12.1 Å². The average Bonchev–Trinajstić information content (AvgIpc) is 2.53. The number of hydrogen-bond acceptors (Lipinski definition) is 6. The number of nitrogens with zero attached hydrogens (tertiary/aromatic N) is 6. The van der Waals surface area contributed by atoms with Gasteiger partial charge in [-0.25, -0.2) is 9.97 Å². The van der Waals surface area contributed by atoms with Crippen LogP contribution in [0.2, 0.25) is 0 Å². The molecule has 0 saturated heterocycles. The molecule has 2 aromatic rings. The van der Waals surface area contributed by atoms with Crippen LogP contribution >= 0.6 is 0 Å². The number of nitriles is 3. The predicted octanol–water partition coefficient (Wildman–Crippen LogP) is 1.82. The Balaban J connectivity index is 2.61. The van der Waals surface area contributed by atoms with Gasteiger partial charge in [0.25, 0.3) is 0 Å². The number of rotatable bonds is 2. The molecule has 0 bridgehead atoms. The Morgan fingerprint density at radius 3 is 1.81 bits per heavy atom. The Labute approximate surface area is 122 Å². The standard InChI is InChI=1S/C15H10N6/c1-21(2)11-5-3-10(4-6-11)15-14(9-18)19-12(7-16)13(8-17)20-15/h3-6H,1-2H3. The summed E-state index contributed by atoms with van der Waals surface area (Å²) >= 11 is 0. The van der Waals surface area contributed by atoms with Crippen molar-refractivity contribution in [2.75, 3.05) is 19.0 Å². The maximum absolute atomic E-state index is 9.15. The molecular weight excluding hydrogens is 264 g/mol. The van der Waals surface area contributed by atoms with Crippen LogP contribution in [0.25, 0.3) is 11.3 Å². The van der Waals surface area contributed by atoms with Crippen LogP contribution in [0.1, 0.15) is 17.1 Å². The molecule has 1 heterocycles. The second-order valence-electron chi connectivity index (χ2n) is 4.39. The fraction of sp³-hybridized carbons (Fsp3) is 0.133. The van der Waals surface area contributed by atoms with E-state index in [2.05, 4.69) is 9.97 Å². The zero-order valence-corrected chi connectivity index (χ0v) is 11.5. The molecule has 100 valence electrons. The summed E-state index contributed by atoms with van der Waals surface area (Å²) in [5.74, 6) is 0. The zero-order chi connectivity index (χ0) is 15.4. The summed E-state index contributed by atoms with van der Waals surface area (Å²) in [4.78, 5) is 9.94. The lowest BCUT2D eigenvalue weighted by Gasteiger charge is -2.12. The van der Waals surface area contributed by atoms with Crippen molar-refractivity contribution in [1.29, 1.82) is 15.8 Å². The van der Waals surface area contributed by atoms with Crippen molar-refractivity contribution < 1.29 is 0 Å². The number of anilines is 1. The molecular formula is C15H10N6. The van der Waals surface area contributed by atoms with Crippen LogP contribution in [0, 0.1) is 34.0 Å². The first-order chi connectivity index (χ1) is 10.1. The maximum Gasteiger partial charge on any atom is 0.178 e. The van der Waals surface area contributed by atoms with Gasteiger partial charge in [0, 0.05) is 25.3 Å². The SMILES string of the molecule is CN(C)c1ccc(-c2nc(C#N)c(C#N)nc2C#N)cc1. The van der Waals surface area contributed by atoms with Crippen molar-refractivity contribution >= 4 is 5.69 Å². The van der Waals surface area contributed by atoms with Crippen LogP contribution in [0.3, 0.4) is 0 Å². The molecule has 2 rings (SSSR count). The summed E-state index contributed by atoms with van der Waals surface area (Å²) in [7, 11) is 3.84. The second kappa shape index (κ2) is 5.69. The van der Waals surface area contributed by atoms with Gasteiger partial charge in [-0.15, -0.1) is 0 Å². The van der Waals surface area contributed by atoms with Gasteiger partial charge in [0.2, 0.25) is 0 Å². The van der Waals surface area contributed by atoms with Crippen molar-refractivity contribution in [2.45, 2.75) is 0 Å². The summed E-state index contributed by atoms with van der Waals surface area (Å²) in [6.07, 6.45) is 0. The highest BCUT2D eigenvalue weighted by atomic mass is 15.1. The van der Waals surface area contributed by atoms with E-state index >= 15 is 0 Å². The van der Waals surface area contributed by atoms with Crippen LogP contribution in [-0.2, 0) is 0 Å². The third-order valence-electron chi connectivity index (χ3n) is 2.87. The van der Waals surface area contributed by atoms with Crippen molar-refractivity contribution in [3.05, 3.63) is 41.3 Å². The largest absolute Gasteiger partial charge is 0.378 e. The van der Waals surface area contributed by atoms with Gasteiger partial charge < -0.3 is 4.90 Å². The molecule has 0 fully saturated rings. The molecule has 0 radical (unpaired) electrons. The monoisotopic (exact) mass is 274 g/mol. The number of aromatic nitrogens is 2. The van der Waals surface area contributed by atoms with Crippen LogP contribution < -0.4 is 4.90 Å². The van der Waals surface area contributed by atoms with E-state index in [9.17, 15) is 0 Å². The van der Waals surface area contributed by atoms with E-state index in [1.54, 1.807) is 18.2 Å². The van der Waals surface area contributed by atoms with E-state index in [1.807, 2.05) is 43.3 Å². The predicted molar refractivity (Wildman–Crippen MR) is 75.9 cm³/mol. The fourth-order valence-electron chi connectivity index (χ4n) is 1.79. The zero-order valence-electron chi connectivity index (χ0n) is 11.5. The lowest BCUT2D eigenvalue weighted by Crippen LogP contribution is -2.08. The van der Waals surface area contributed by atoms with E-state index in [-0.39, 0.29) is 17.1 Å². The summed E-state index contributed by atoms with van der Waals surface area (Å²) in [5.41, 5.74) is 1.79. The highest BCUT2D eigenvalue weighted by Gasteiger charge is 2.14. The van der Waals surface area contributed by atoms with Gasteiger partial charge in [0.05, 0.1) is 0 Å². The molecule has 21 heavy (non-hydrogen) atoms. The summed E-state index contributed by atoms with van der Waals surface area (Å²) in [6.45, 7) is 0. The van der Waals surface area contributed by atoms with Gasteiger partial charge in [-0.3, -0.25) is 0 Å². The smallest absolute Gasteiger partial charge is 0.178 e. The molecule has 0 unspecified atom stereocenters. The molecule has 6 nitrogen and oxygen atoms in total. The van der Waals surface area contributed by atoms with Crippen molar-refractivity contribution in [3.63, 3.8) is 0 Å². The fourth-order valence-corrected chi connectivity index (χ4v) is 1.79. The van der Waals surface area contributed by atoms with Gasteiger partial charge in [-0.2, -0.15) is 15.8 Å². The van der Waals surface area contributed by atoms with Gasteiger partial charge in [0.15, 0.2) is 17.1 Å². The van der Waals surface area contributed by atoms with Gasteiger partial charge >= 0.3 is 0 Å². The minimum absolute atomic E-state index is 0.0307. The Morgan fingerprint density at radius 1 is 0.810 bits per heavy atom. The third kappa shape index (κ3) is 2.63. The molecule has 0 aliphatic heterocycles. The molecule has 0 saturated carbocycles.